The fourth-order valence-electron chi connectivity index (χ4n) is 2.25. The number of rotatable bonds is 2. The first-order valence-electron chi connectivity index (χ1n) is 6.67. The van der Waals surface area contributed by atoms with Crippen LogP contribution >= 0.6 is 23.2 Å². The normalized spacial score (nSPS) is 10.7. The number of hydrogen-bond donors (Lipinski definition) is 1. The van der Waals surface area contributed by atoms with Gasteiger partial charge in [0.05, 0.1) is 11.2 Å². The predicted octanol–water partition coefficient (Wildman–Crippen LogP) is 5.10. The fourth-order valence-corrected chi connectivity index (χ4v) is 2.77. The Hall–Kier alpha value is -2.10. The first-order valence-corrected chi connectivity index (χ1v) is 7.42. The zero-order valence-corrected chi connectivity index (χ0v) is 13.2. The van der Waals surface area contributed by atoms with Gasteiger partial charge in [-0.1, -0.05) is 29.3 Å². The molecule has 3 rings (SSSR count). The number of amides is 1. The van der Waals surface area contributed by atoms with Gasteiger partial charge in [0, 0.05) is 26.7 Å². The Bertz CT molecular complexity index is 857. The Kier molecular flexibility index (Phi) is 4.01. The maximum absolute atomic E-state index is 12.4. The number of nitrogens with zero attached hydrogens (tertiary/aromatic N) is 1. The van der Waals surface area contributed by atoms with Gasteiger partial charge in [0.2, 0.25) is 0 Å². The standard InChI is InChI=1S/C17H12Cl2N2O/c1-10-5-6-14-15(20-10)3-2-4-16(14)21-17(22)11-7-12(18)9-13(19)8-11/h2-9H,1H3,(H,21,22). The highest BCUT2D eigenvalue weighted by Gasteiger charge is 2.10. The molecule has 0 radical (unpaired) electrons. The highest BCUT2D eigenvalue weighted by molar-refractivity contribution is 6.35. The average Bonchev–Trinajstić information content (AvgIpc) is 2.46. The smallest absolute Gasteiger partial charge is 0.255 e. The number of fused-ring (bicyclic) bond motifs is 1. The molecule has 0 bridgehead atoms. The summed E-state index contributed by atoms with van der Waals surface area (Å²) in [6, 6.07) is 14.2. The molecule has 3 nitrogen and oxygen atoms in total. The number of aryl methyl sites for hydroxylation is 1. The third kappa shape index (κ3) is 3.06. The molecule has 110 valence electrons. The van der Waals surface area contributed by atoms with Crippen molar-refractivity contribution in [2.75, 3.05) is 5.32 Å². The molecule has 0 saturated carbocycles. The van der Waals surface area contributed by atoms with Crippen molar-refractivity contribution in [1.29, 1.82) is 0 Å². The van der Waals surface area contributed by atoms with Crippen LogP contribution in [-0.4, -0.2) is 10.9 Å². The van der Waals surface area contributed by atoms with Gasteiger partial charge in [-0.15, -0.1) is 0 Å². The van der Waals surface area contributed by atoms with E-state index in [-0.39, 0.29) is 5.91 Å². The second-order valence-electron chi connectivity index (χ2n) is 4.94. The average molecular weight is 331 g/mol. The van der Waals surface area contributed by atoms with Crippen LogP contribution in [0.3, 0.4) is 0 Å². The molecule has 1 heterocycles. The highest BCUT2D eigenvalue weighted by Crippen LogP contribution is 2.24. The largest absolute Gasteiger partial charge is 0.321 e. The summed E-state index contributed by atoms with van der Waals surface area (Å²) in [4.78, 5) is 16.8. The monoisotopic (exact) mass is 330 g/mol. The van der Waals surface area contributed by atoms with Gasteiger partial charge < -0.3 is 5.32 Å². The minimum absolute atomic E-state index is 0.266. The zero-order valence-electron chi connectivity index (χ0n) is 11.7. The SMILES string of the molecule is Cc1ccc2c(NC(=O)c3cc(Cl)cc(Cl)c3)cccc2n1. The number of halogens is 2. The van der Waals surface area contributed by atoms with E-state index in [1.165, 1.54) is 0 Å². The van der Waals surface area contributed by atoms with Crippen LogP contribution in [-0.2, 0) is 0 Å². The molecule has 0 aliphatic heterocycles. The van der Waals surface area contributed by atoms with E-state index in [4.69, 9.17) is 23.2 Å². The van der Waals surface area contributed by atoms with Crippen LogP contribution in [0.5, 0.6) is 0 Å². The van der Waals surface area contributed by atoms with Gasteiger partial charge in [-0.3, -0.25) is 9.78 Å². The quantitative estimate of drug-likeness (QED) is 0.710. The summed E-state index contributed by atoms with van der Waals surface area (Å²) in [5.74, 6) is -0.266. The molecule has 1 aromatic heterocycles. The highest BCUT2D eigenvalue weighted by atomic mass is 35.5. The molecule has 22 heavy (non-hydrogen) atoms. The van der Waals surface area contributed by atoms with Gasteiger partial charge in [-0.05, 0) is 49.4 Å². The summed E-state index contributed by atoms with van der Waals surface area (Å²) >= 11 is 11.9. The van der Waals surface area contributed by atoms with Crippen LogP contribution in [0.4, 0.5) is 5.69 Å². The van der Waals surface area contributed by atoms with E-state index >= 15 is 0 Å². The van der Waals surface area contributed by atoms with Gasteiger partial charge in [0.25, 0.3) is 5.91 Å². The summed E-state index contributed by atoms with van der Waals surface area (Å²) in [6.07, 6.45) is 0. The molecule has 0 atom stereocenters. The molecule has 0 fully saturated rings. The number of hydrogen-bond acceptors (Lipinski definition) is 2. The zero-order chi connectivity index (χ0) is 15.7. The van der Waals surface area contributed by atoms with Crippen molar-refractivity contribution in [2.24, 2.45) is 0 Å². The van der Waals surface area contributed by atoms with Gasteiger partial charge in [0.15, 0.2) is 0 Å². The number of aromatic nitrogens is 1. The minimum atomic E-state index is -0.266. The number of anilines is 1. The molecule has 1 N–H and O–H groups in total. The molecule has 3 aromatic rings. The Morgan fingerprint density at radius 2 is 1.77 bits per heavy atom. The maximum Gasteiger partial charge on any atom is 0.255 e. The molecule has 0 unspecified atom stereocenters. The summed E-state index contributed by atoms with van der Waals surface area (Å²) in [7, 11) is 0. The summed E-state index contributed by atoms with van der Waals surface area (Å²) in [6.45, 7) is 1.93. The summed E-state index contributed by atoms with van der Waals surface area (Å²) < 4.78 is 0. The van der Waals surface area contributed by atoms with Crippen molar-refractivity contribution in [2.45, 2.75) is 6.92 Å². The Morgan fingerprint density at radius 3 is 2.50 bits per heavy atom. The van der Waals surface area contributed by atoms with Crippen LogP contribution in [0.2, 0.25) is 10.0 Å². The van der Waals surface area contributed by atoms with Gasteiger partial charge >= 0.3 is 0 Å². The summed E-state index contributed by atoms with van der Waals surface area (Å²) in [5.41, 5.74) is 2.88. The lowest BCUT2D eigenvalue weighted by Crippen LogP contribution is -2.12. The lowest BCUT2D eigenvalue weighted by Gasteiger charge is -2.09. The van der Waals surface area contributed by atoms with E-state index < -0.39 is 0 Å². The van der Waals surface area contributed by atoms with Gasteiger partial charge in [-0.25, -0.2) is 0 Å². The van der Waals surface area contributed by atoms with E-state index in [9.17, 15) is 4.79 Å². The van der Waals surface area contributed by atoms with Crippen LogP contribution in [0.25, 0.3) is 10.9 Å². The first kappa shape index (κ1) is 14.8. The topological polar surface area (TPSA) is 42.0 Å². The third-order valence-corrected chi connectivity index (χ3v) is 3.68. The number of carbonyl (C=O) groups is 1. The molecule has 0 aliphatic rings. The van der Waals surface area contributed by atoms with Crippen molar-refractivity contribution in [3.8, 4) is 0 Å². The number of nitrogens with one attached hydrogen (secondary N) is 1. The molecule has 1 amide bonds. The minimum Gasteiger partial charge on any atom is -0.321 e. The van der Waals surface area contributed by atoms with Gasteiger partial charge in [0.1, 0.15) is 0 Å². The Balaban J connectivity index is 1.97. The van der Waals surface area contributed by atoms with Gasteiger partial charge in [-0.2, -0.15) is 0 Å². The first-order chi connectivity index (χ1) is 10.5. The molecular weight excluding hydrogens is 319 g/mol. The van der Waals surface area contributed by atoms with E-state index in [0.29, 0.717) is 21.3 Å². The molecule has 0 spiro atoms. The van der Waals surface area contributed by atoms with Crippen LogP contribution in [0.15, 0.2) is 48.5 Å². The van der Waals surface area contributed by atoms with Crippen molar-refractivity contribution in [3.05, 3.63) is 69.8 Å². The molecule has 0 saturated heterocycles. The van der Waals surface area contributed by atoms with Crippen LogP contribution in [0.1, 0.15) is 16.1 Å². The van der Waals surface area contributed by atoms with E-state index in [1.807, 2.05) is 37.3 Å². The number of carbonyl (C=O) groups excluding carboxylic acids is 1. The van der Waals surface area contributed by atoms with Crippen molar-refractivity contribution in [3.63, 3.8) is 0 Å². The number of benzene rings is 2. The Morgan fingerprint density at radius 1 is 1.05 bits per heavy atom. The molecule has 2 aromatic carbocycles. The van der Waals surface area contributed by atoms with Crippen molar-refractivity contribution >= 4 is 45.7 Å². The Labute approximate surface area is 137 Å². The molecular formula is C17H12Cl2N2O. The number of pyridine rings is 1. The lowest BCUT2D eigenvalue weighted by atomic mass is 10.1. The van der Waals surface area contributed by atoms with Crippen LogP contribution < -0.4 is 5.32 Å². The van der Waals surface area contributed by atoms with Crippen molar-refractivity contribution < 1.29 is 4.79 Å². The lowest BCUT2D eigenvalue weighted by molar-refractivity contribution is 0.102. The third-order valence-electron chi connectivity index (χ3n) is 3.24. The summed E-state index contributed by atoms with van der Waals surface area (Å²) in [5, 5.41) is 4.61. The van der Waals surface area contributed by atoms with E-state index in [1.54, 1.807) is 18.2 Å². The molecule has 5 heteroatoms. The predicted molar refractivity (Wildman–Crippen MR) is 90.9 cm³/mol. The second kappa shape index (κ2) is 5.95. The van der Waals surface area contributed by atoms with E-state index in [0.717, 1.165) is 16.6 Å². The maximum atomic E-state index is 12.4. The molecule has 0 aliphatic carbocycles. The fraction of sp³-hybridized carbons (Fsp3) is 0.0588. The van der Waals surface area contributed by atoms with Crippen LogP contribution in [0, 0.1) is 6.92 Å². The van der Waals surface area contributed by atoms with Crippen molar-refractivity contribution in [1.82, 2.24) is 4.98 Å². The second-order valence-corrected chi connectivity index (χ2v) is 5.81. The van der Waals surface area contributed by atoms with E-state index in [2.05, 4.69) is 10.3 Å².